The van der Waals surface area contributed by atoms with Gasteiger partial charge in [-0.15, -0.1) is 0 Å². The zero-order valence-electron chi connectivity index (χ0n) is 14.9. The highest BCUT2D eigenvalue weighted by atomic mass is 16.5. The third-order valence-electron chi connectivity index (χ3n) is 5.75. The minimum atomic E-state index is -0.0550. The van der Waals surface area contributed by atoms with Crippen LogP contribution < -0.4 is 10.6 Å². The summed E-state index contributed by atoms with van der Waals surface area (Å²) in [6, 6.07) is 0.668. The van der Waals surface area contributed by atoms with Gasteiger partial charge in [-0.2, -0.15) is 0 Å². The summed E-state index contributed by atoms with van der Waals surface area (Å²) in [6.45, 7) is 3.73. The molecule has 1 aromatic rings. The Morgan fingerprint density at radius 2 is 2.00 bits per heavy atom. The van der Waals surface area contributed by atoms with Gasteiger partial charge in [-0.1, -0.05) is 0 Å². The molecule has 0 aromatic carbocycles. The second-order valence-electron chi connectivity index (χ2n) is 7.36. The molecule has 2 aliphatic heterocycles. The number of nitrogens with zero attached hydrogens (tertiary/aromatic N) is 3. The van der Waals surface area contributed by atoms with Gasteiger partial charge in [0.05, 0.1) is 18.3 Å². The molecule has 8 heteroatoms. The predicted molar refractivity (Wildman–Crippen MR) is 93.3 cm³/mol. The van der Waals surface area contributed by atoms with Crippen molar-refractivity contribution >= 4 is 11.8 Å². The molecule has 8 nitrogen and oxygen atoms in total. The van der Waals surface area contributed by atoms with Crippen LogP contribution in [0.15, 0.2) is 18.6 Å². The molecule has 2 saturated heterocycles. The normalized spacial score (nSPS) is 31.2. The summed E-state index contributed by atoms with van der Waals surface area (Å²) in [7, 11) is 0. The van der Waals surface area contributed by atoms with Gasteiger partial charge < -0.3 is 20.3 Å². The first-order chi connectivity index (χ1) is 12.6. The van der Waals surface area contributed by atoms with Gasteiger partial charge in [0.25, 0.3) is 5.91 Å². The molecule has 3 aliphatic rings. The van der Waals surface area contributed by atoms with Crippen LogP contribution in [0.5, 0.6) is 0 Å². The Kier molecular flexibility index (Phi) is 4.86. The van der Waals surface area contributed by atoms with Gasteiger partial charge in [0.15, 0.2) is 0 Å². The zero-order valence-corrected chi connectivity index (χ0v) is 14.9. The molecule has 2 amide bonds. The van der Waals surface area contributed by atoms with Crippen LogP contribution in [-0.4, -0.2) is 70.6 Å². The lowest BCUT2D eigenvalue weighted by molar-refractivity contribution is -0.124. The number of hydrogen-bond acceptors (Lipinski definition) is 6. The van der Waals surface area contributed by atoms with Gasteiger partial charge in [0.1, 0.15) is 5.69 Å². The highest BCUT2D eigenvalue weighted by molar-refractivity contribution is 5.92. The van der Waals surface area contributed by atoms with Crippen molar-refractivity contribution < 1.29 is 14.3 Å². The quantitative estimate of drug-likeness (QED) is 0.783. The van der Waals surface area contributed by atoms with Gasteiger partial charge in [-0.3, -0.25) is 14.6 Å². The van der Waals surface area contributed by atoms with Crippen LogP contribution in [0.1, 0.15) is 36.7 Å². The summed E-state index contributed by atoms with van der Waals surface area (Å²) in [6.07, 6.45) is 7.61. The number of carbonyl (C=O) groups is 2. The van der Waals surface area contributed by atoms with Crippen molar-refractivity contribution in [3.63, 3.8) is 0 Å². The van der Waals surface area contributed by atoms with Gasteiger partial charge >= 0.3 is 0 Å². The summed E-state index contributed by atoms with van der Waals surface area (Å²) in [5.41, 5.74) is 0.398. The Hall–Kier alpha value is -2.06. The fraction of sp³-hybridized carbons (Fsp3) is 0.667. The van der Waals surface area contributed by atoms with E-state index in [4.69, 9.17) is 4.74 Å². The molecule has 3 fully saturated rings. The number of ether oxygens (including phenoxy) is 1. The molecule has 3 heterocycles. The highest BCUT2D eigenvalue weighted by Crippen LogP contribution is 2.39. The number of likely N-dealkylation sites (tertiary alicyclic amines) is 1. The van der Waals surface area contributed by atoms with E-state index in [0.717, 1.165) is 25.9 Å². The van der Waals surface area contributed by atoms with Crippen LogP contribution in [0.2, 0.25) is 0 Å². The summed E-state index contributed by atoms with van der Waals surface area (Å²) < 4.78 is 5.76. The van der Waals surface area contributed by atoms with E-state index in [1.54, 1.807) is 19.3 Å². The van der Waals surface area contributed by atoms with Crippen LogP contribution in [0.3, 0.4) is 0 Å². The van der Waals surface area contributed by atoms with Crippen LogP contribution in [0.4, 0.5) is 0 Å². The monoisotopic (exact) mass is 359 g/mol. The van der Waals surface area contributed by atoms with Gasteiger partial charge in [0, 0.05) is 57.0 Å². The second-order valence-corrected chi connectivity index (χ2v) is 7.36. The summed E-state index contributed by atoms with van der Waals surface area (Å²) in [4.78, 5) is 33.8. The Bertz CT molecular complexity index is 662. The molecule has 4 atom stereocenters. The number of rotatable bonds is 4. The first kappa shape index (κ1) is 17.4. The number of piperidine rings is 1. The lowest BCUT2D eigenvalue weighted by atomic mass is 9.71. The molecule has 140 valence electrons. The van der Waals surface area contributed by atoms with Crippen LogP contribution in [0.25, 0.3) is 0 Å². The van der Waals surface area contributed by atoms with E-state index in [0.29, 0.717) is 30.7 Å². The minimum Gasteiger partial charge on any atom is -0.376 e. The largest absolute Gasteiger partial charge is 0.376 e. The van der Waals surface area contributed by atoms with Crippen LogP contribution >= 0.6 is 0 Å². The van der Waals surface area contributed by atoms with E-state index in [-0.39, 0.29) is 30.0 Å². The third kappa shape index (κ3) is 3.31. The van der Waals surface area contributed by atoms with E-state index in [1.165, 1.54) is 6.20 Å². The van der Waals surface area contributed by atoms with Crippen molar-refractivity contribution in [2.75, 3.05) is 19.7 Å². The molecule has 0 spiro atoms. The van der Waals surface area contributed by atoms with Crippen molar-refractivity contribution in [1.29, 1.82) is 0 Å². The topological polar surface area (TPSA) is 96.5 Å². The summed E-state index contributed by atoms with van der Waals surface area (Å²) >= 11 is 0. The van der Waals surface area contributed by atoms with Crippen molar-refractivity contribution in [2.24, 2.45) is 5.92 Å². The number of aromatic nitrogens is 2. The standard InChI is InChI=1S/C18H25N5O3/c1-11(24)21-16-15(13-4-9-26-17(13)16)22-12-2-7-23(8-3-12)18(25)14-10-19-5-6-20-14/h5-6,10,12-13,15-17,22H,2-4,7-9H2,1H3,(H,21,24)/t13-,15+,16-,17-/m1/s1. The van der Waals surface area contributed by atoms with E-state index in [1.807, 2.05) is 4.90 Å². The van der Waals surface area contributed by atoms with Crippen molar-refractivity contribution in [2.45, 2.75) is 50.4 Å². The smallest absolute Gasteiger partial charge is 0.274 e. The molecule has 2 N–H and O–H groups in total. The maximum Gasteiger partial charge on any atom is 0.274 e. The van der Waals surface area contributed by atoms with Gasteiger partial charge in [-0.05, 0) is 19.3 Å². The molecule has 1 saturated carbocycles. The Balaban J connectivity index is 1.31. The molecular weight excluding hydrogens is 334 g/mol. The van der Waals surface area contributed by atoms with Crippen LogP contribution in [-0.2, 0) is 9.53 Å². The fourth-order valence-corrected chi connectivity index (χ4v) is 4.43. The average molecular weight is 359 g/mol. The molecule has 0 bridgehead atoms. The Morgan fingerprint density at radius 3 is 2.69 bits per heavy atom. The molecule has 1 aromatic heterocycles. The number of carbonyl (C=O) groups excluding carboxylic acids is 2. The van der Waals surface area contributed by atoms with Crippen molar-refractivity contribution in [3.8, 4) is 0 Å². The number of amides is 2. The average Bonchev–Trinajstić information content (AvgIpc) is 3.09. The van der Waals surface area contributed by atoms with Crippen LogP contribution in [0, 0.1) is 5.92 Å². The number of hydrogen-bond donors (Lipinski definition) is 2. The van der Waals surface area contributed by atoms with E-state index in [2.05, 4.69) is 20.6 Å². The van der Waals surface area contributed by atoms with E-state index < -0.39 is 0 Å². The molecule has 26 heavy (non-hydrogen) atoms. The highest BCUT2D eigenvalue weighted by Gasteiger charge is 2.54. The van der Waals surface area contributed by atoms with E-state index in [9.17, 15) is 9.59 Å². The maximum absolute atomic E-state index is 12.5. The SMILES string of the molecule is CC(=O)N[C@@H]1[C@@H](NC2CCN(C(=O)c3cnccn3)CC2)[C@H]2CCO[C@H]21. The molecule has 0 radical (unpaired) electrons. The summed E-state index contributed by atoms with van der Waals surface area (Å²) in [5.74, 6) is 0.409. The Labute approximate surface area is 152 Å². The molecule has 4 rings (SSSR count). The molecular formula is C18H25N5O3. The number of fused-ring (bicyclic) bond motifs is 1. The predicted octanol–water partition coefficient (Wildman–Crippen LogP) is -0.0372. The fourth-order valence-electron chi connectivity index (χ4n) is 4.43. The van der Waals surface area contributed by atoms with Crippen molar-refractivity contribution in [1.82, 2.24) is 25.5 Å². The lowest BCUT2D eigenvalue weighted by Gasteiger charge is -2.50. The maximum atomic E-state index is 12.5. The zero-order chi connectivity index (χ0) is 18.1. The molecule has 1 aliphatic carbocycles. The lowest BCUT2D eigenvalue weighted by Crippen LogP contribution is -2.71. The number of nitrogens with one attached hydrogen (secondary N) is 2. The Morgan fingerprint density at radius 1 is 1.19 bits per heavy atom. The minimum absolute atomic E-state index is 0.0138. The van der Waals surface area contributed by atoms with E-state index >= 15 is 0 Å². The first-order valence-corrected chi connectivity index (χ1v) is 9.33. The second kappa shape index (κ2) is 7.28. The summed E-state index contributed by atoms with van der Waals surface area (Å²) in [5, 5.41) is 6.75. The third-order valence-corrected chi connectivity index (χ3v) is 5.75. The van der Waals surface area contributed by atoms with Gasteiger partial charge in [-0.25, -0.2) is 4.98 Å². The first-order valence-electron chi connectivity index (χ1n) is 9.33. The van der Waals surface area contributed by atoms with Crippen molar-refractivity contribution in [3.05, 3.63) is 24.3 Å². The van der Waals surface area contributed by atoms with Gasteiger partial charge in [0.2, 0.25) is 5.91 Å². The molecule has 0 unspecified atom stereocenters.